The summed E-state index contributed by atoms with van der Waals surface area (Å²) in [6, 6.07) is 0. The van der Waals surface area contributed by atoms with Gasteiger partial charge in [0.1, 0.15) is 12.1 Å². The molecular formula is C13H20N2O3. The van der Waals surface area contributed by atoms with Crippen molar-refractivity contribution in [1.82, 2.24) is 10.2 Å². The third-order valence-corrected chi connectivity index (χ3v) is 2.90. The average Bonchev–Trinajstić information content (AvgIpc) is 2.36. The molecule has 5 heteroatoms. The summed E-state index contributed by atoms with van der Waals surface area (Å²) >= 11 is 0. The molecule has 0 fully saturated rings. The molecule has 1 heterocycles. The van der Waals surface area contributed by atoms with E-state index in [9.17, 15) is 9.59 Å². The topological polar surface area (TPSA) is 58.6 Å². The van der Waals surface area contributed by atoms with Crippen LogP contribution in [0.4, 0.5) is 0 Å². The molecule has 0 saturated carbocycles. The molecule has 1 aliphatic heterocycles. The lowest BCUT2D eigenvalue weighted by Crippen LogP contribution is -2.51. The fourth-order valence-corrected chi connectivity index (χ4v) is 1.93. The van der Waals surface area contributed by atoms with Crippen molar-refractivity contribution >= 4 is 11.8 Å². The van der Waals surface area contributed by atoms with Crippen LogP contribution in [0.15, 0.2) is 17.5 Å². The number of nitrogens with zero attached hydrogens (tertiary/aromatic N) is 1. The molecule has 1 N–H and O–H groups in total. The van der Waals surface area contributed by atoms with Crippen LogP contribution in [0.1, 0.15) is 33.1 Å². The molecule has 18 heavy (non-hydrogen) atoms. The molecule has 1 amide bonds. The van der Waals surface area contributed by atoms with Crippen molar-refractivity contribution in [3.63, 3.8) is 0 Å². The molecule has 0 aromatic rings. The number of likely N-dealkylation sites (N-methyl/N-ethyl adjacent to an activating group) is 1. The van der Waals surface area contributed by atoms with E-state index in [1.807, 2.05) is 11.9 Å². The van der Waals surface area contributed by atoms with E-state index >= 15 is 0 Å². The Balaban J connectivity index is 3.00. The minimum absolute atomic E-state index is 0.0961. The van der Waals surface area contributed by atoms with Crippen molar-refractivity contribution in [2.75, 3.05) is 13.7 Å². The molecule has 1 unspecified atom stereocenters. The SMILES string of the molecule is CCCCC1NC(=O)C(OCC)=C(C=C=O)N1C. The summed E-state index contributed by atoms with van der Waals surface area (Å²) in [7, 11) is 1.84. The molecule has 1 aliphatic rings. The molecule has 0 aromatic heterocycles. The second-order valence-corrected chi connectivity index (χ2v) is 4.15. The Kier molecular flexibility index (Phi) is 5.46. The van der Waals surface area contributed by atoms with Crippen LogP contribution in [0.3, 0.4) is 0 Å². The monoisotopic (exact) mass is 252 g/mol. The van der Waals surface area contributed by atoms with Gasteiger partial charge in [-0.05, 0) is 19.8 Å². The van der Waals surface area contributed by atoms with Gasteiger partial charge in [0.05, 0.1) is 12.3 Å². The Morgan fingerprint density at radius 1 is 1.50 bits per heavy atom. The normalized spacial score (nSPS) is 19.4. The Labute approximate surface area is 107 Å². The quantitative estimate of drug-likeness (QED) is 0.722. The molecule has 0 radical (unpaired) electrons. The number of hydrogen-bond acceptors (Lipinski definition) is 4. The summed E-state index contributed by atoms with van der Waals surface area (Å²) in [6.07, 6.45) is 4.07. The van der Waals surface area contributed by atoms with Crippen LogP contribution in [-0.2, 0) is 14.3 Å². The average molecular weight is 252 g/mol. The summed E-state index contributed by atoms with van der Waals surface area (Å²) in [5.74, 6) is 1.64. The first-order valence-corrected chi connectivity index (χ1v) is 6.27. The second kappa shape index (κ2) is 6.87. The van der Waals surface area contributed by atoms with Gasteiger partial charge in [-0.3, -0.25) is 4.79 Å². The van der Waals surface area contributed by atoms with E-state index in [0.717, 1.165) is 19.3 Å². The minimum atomic E-state index is -0.266. The molecule has 0 bridgehead atoms. The number of amides is 1. The first-order valence-electron chi connectivity index (χ1n) is 6.27. The number of carbonyl (C=O) groups is 1. The van der Waals surface area contributed by atoms with E-state index in [2.05, 4.69) is 12.2 Å². The van der Waals surface area contributed by atoms with Crippen LogP contribution in [0.25, 0.3) is 0 Å². The summed E-state index contributed by atoms with van der Waals surface area (Å²) in [5.41, 5.74) is 0.497. The largest absolute Gasteiger partial charge is 0.487 e. The molecule has 100 valence electrons. The molecule has 0 aliphatic carbocycles. The van der Waals surface area contributed by atoms with Crippen LogP contribution in [0.5, 0.6) is 0 Å². The maximum absolute atomic E-state index is 11.9. The zero-order chi connectivity index (χ0) is 13.5. The van der Waals surface area contributed by atoms with Crippen LogP contribution >= 0.6 is 0 Å². The van der Waals surface area contributed by atoms with Gasteiger partial charge in [-0.1, -0.05) is 13.3 Å². The minimum Gasteiger partial charge on any atom is -0.487 e. The number of allylic oxidation sites excluding steroid dienone is 1. The Morgan fingerprint density at radius 2 is 2.22 bits per heavy atom. The van der Waals surface area contributed by atoms with E-state index in [-0.39, 0.29) is 17.8 Å². The van der Waals surface area contributed by atoms with Crippen LogP contribution in [0.2, 0.25) is 0 Å². The Hall–Kier alpha value is -1.74. The Bertz CT molecular complexity index is 384. The van der Waals surface area contributed by atoms with Crippen molar-refractivity contribution in [3.8, 4) is 0 Å². The smallest absolute Gasteiger partial charge is 0.290 e. The molecule has 1 atom stereocenters. The van der Waals surface area contributed by atoms with E-state index in [1.54, 1.807) is 12.9 Å². The van der Waals surface area contributed by atoms with E-state index in [1.165, 1.54) is 6.08 Å². The number of hydrogen-bond donors (Lipinski definition) is 1. The number of carbonyl (C=O) groups excluding carboxylic acids is 2. The van der Waals surface area contributed by atoms with Gasteiger partial charge in [-0.15, -0.1) is 0 Å². The van der Waals surface area contributed by atoms with Crippen molar-refractivity contribution in [1.29, 1.82) is 0 Å². The van der Waals surface area contributed by atoms with Crippen molar-refractivity contribution < 1.29 is 14.3 Å². The predicted molar refractivity (Wildman–Crippen MR) is 68.1 cm³/mol. The van der Waals surface area contributed by atoms with Crippen molar-refractivity contribution in [2.24, 2.45) is 0 Å². The highest BCUT2D eigenvalue weighted by Gasteiger charge is 2.30. The molecule has 0 aromatic carbocycles. The third kappa shape index (κ3) is 3.14. The lowest BCUT2D eigenvalue weighted by Gasteiger charge is -2.36. The maximum atomic E-state index is 11.9. The molecule has 1 rings (SSSR count). The fourth-order valence-electron chi connectivity index (χ4n) is 1.93. The zero-order valence-electron chi connectivity index (χ0n) is 11.2. The van der Waals surface area contributed by atoms with Gasteiger partial charge in [-0.2, -0.15) is 0 Å². The predicted octanol–water partition coefficient (Wildman–Crippen LogP) is 1.20. The zero-order valence-corrected chi connectivity index (χ0v) is 11.2. The highest BCUT2D eigenvalue weighted by Crippen LogP contribution is 2.21. The highest BCUT2D eigenvalue weighted by molar-refractivity contribution is 5.94. The molecular weight excluding hydrogens is 232 g/mol. The van der Waals surface area contributed by atoms with Crippen molar-refractivity contribution in [2.45, 2.75) is 39.3 Å². The molecule has 0 spiro atoms. The van der Waals surface area contributed by atoms with Crippen LogP contribution in [0, 0.1) is 0 Å². The van der Waals surface area contributed by atoms with E-state index in [0.29, 0.717) is 12.3 Å². The summed E-state index contributed by atoms with van der Waals surface area (Å²) in [4.78, 5) is 24.3. The van der Waals surface area contributed by atoms with E-state index in [4.69, 9.17) is 4.74 Å². The third-order valence-electron chi connectivity index (χ3n) is 2.90. The summed E-state index contributed by atoms with van der Waals surface area (Å²) < 4.78 is 5.30. The van der Waals surface area contributed by atoms with Gasteiger partial charge < -0.3 is 15.0 Å². The Morgan fingerprint density at radius 3 is 2.78 bits per heavy atom. The van der Waals surface area contributed by atoms with E-state index < -0.39 is 0 Å². The summed E-state index contributed by atoms with van der Waals surface area (Å²) in [5, 5.41) is 2.88. The van der Waals surface area contributed by atoms with Gasteiger partial charge >= 0.3 is 0 Å². The fraction of sp³-hybridized carbons (Fsp3) is 0.615. The number of ether oxygens (including phenoxy) is 1. The maximum Gasteiger partial charge on any atom is 0.290 e. The first kappa shape index (κ1) is 14.3. The first-order chi connectivity index (χ1) is 8.65. The molecule has 5 nitrogen and oxygen atoms in total. The lowest BCUT2D eigenvalue weighted by molar-refractivity contribution is -0.124. The van der Waals surface area contributed by atoms with Gasteiger partial charge in [0.15, 0.2) is 0 Å². The number of nitrogens with one attached hydrogen (secondary N) is 1. The number of unbranched alkanes of at least 4 members (excludes halogenated alkanes) is 1. The lowest BCUT2D eigenvalue weighted by atomic mass is 10.1. The highest BCUT2D eigenvalue weighted by atomic mass is 16.5. The van der Waals surface area contributed by atoms with Gasteiger partial charge in [0.25, 0.3) is 5.91 Å². The van der Waals surface area contributed by atoms with Gasteiger partial charge in [0, 0.05) is 13.1 Å². The van der Waals surface area contributed by atoms with Gasteiger partial charge in [0.2, 0.25) is 5.76 Å². The molecule has 0 saturated heterocycles. The van der Waals surface area contributed by atoms with Gasteiger partial charge in [-0.25, -0.2) is 4.79 Å². The summed E-state index contributed by atoms with van der Waals surface area (Å²) in [6.45, 7) is 4.27. The standard InChI is InChI=1S/C13H20N2O3/c1-4-6-7-11-14-13(17)12(18-5-2)10(8-9-16)15(11)3/h8,11H,4-7H2,1-3H3,(H,14,17). The van der Waals surface area contributed by atoms with Crippen LogP contribution in [-0.4, -0.2) is 36.6 Å². The van der Waals surface area contributed by atoms with Crippen molar-refractivity contribution in [3.05, 3.63) is 17.5 Å². The second-order valence-electron chi connectivity index (χ2n) is 4.15. The number of rotatable bonds is 6. The van der Waals surface area contributed by atoms with Crippen LogP contribution < -0.4 is 5.32 Å².